The molecule has 1 N–H and O–H groups in total. The van der Waals surface area contributed by atoms with Crippen molar-refractivity contribution in [3.8, 4) is 0 Å². The van der Waals surface area contributed by atoms with E-state index in [2.05, 4.69) is 17.1 Å². The molecule has 0 fully saturated rings. The Morgan fingerprint density at radius 1 is 1.16 bits per heavy atom. The molecule has 0 amide bonds. The number of aromatic nitrogens is 2. The van der Waals surface area contributed by atoms with Crippen LogP contribution in [0.3, 0.4) is 0 Å². The van der Waals surface area contributed by atoms with Crippen LogP contribution in [-0.2, 0) is 6.54 Å². The fourth-order valence-corrected chi connectivity index (χ4v) is 3.35. The molecule has 0 radical (unpaired) electrons. The lowest BCUT2D eigenvalue weighted by Crippen LogP contribution is -2.39. The summed E-state index contributed by atoms with van der Waals surface area (Å²) in [6.45, 7) is 4.15. The van der Waals surface area contributed by atoms with Crippen LogP contribution in [-0.4, -0.2) is 15.3 Å². The molecule has 25 heavy (non-hydrogen) atoms. The van der Waals surface area contributed by atoms with Gasteiger partial charge in [-0.3, -0.25) is 19.1 Å². The summed E-state index contributed by atoms with van der Waals surface area (Å²) in [6.07, 6.45) is 5.93. The molecule has 5 heteroatoms. The molecule has 0 unspecified atom stereocenters. The predicted octanol–water partition coefficient (Wildman–Crippen LogP) is 2.86. The monoisotopic (exact) mass is 338 g/mol. The van der Waals surface area contributed by atoms with E-state index >= 15 is 0 Å². The average Bonchev–Trinajstić information content (AvgIpc) is 3.10. The van der Waals surface area contributed by atoms with Gasteiger partial charge in [0.2, 0.25) is 5.78 Å². The number of rotatable bonds is 5. The van der Waals surface area contributed by atoms with Gasteiger partial charge < -0.3 is 0 Å². The fraction of sp³-hybridized carbons (Fsp3) is 0.350. The number of nitrogens with one attached hydrogen (secondary N) is 1. The maximum atomic E-state index is 13.1. The molecule has 0 spiro atoms. The van der Waals surface area contributed by atoms with Gasteiger partial charge in [0.05, 0.1) is 0 Å². The SMILES string of the molecule is CC(C)c1c(C(=O)c2ccccc2)n(CC2CC=CC2)c(=O)[nH]c1=O. The number of H-pyrrole nitrogens is 1. The quantitative estimate of drug-likeness (QED) is 0.673. The highest BCUT2D eigenvalue weighted by Crippen LogP contribution is 2.23. The average molecular weight is 338 g/mol. The number of carbonyl (C=O) groups is 1. The number of nitrogens with zero attached hydrogens (tertiary/aromatic N) is 1. The first-order valence-corrected chi connectivity index (χ1v) is 8.60. The van der Waals surface area contributed by atoms with Crippen molar-refractivity contribution < 1.29 is 4.79 Å². The van der Waals surface area contributed by atoms with E-state index < -0.39 is 11.2 Å². The second-order valence-electron chi connectivity index (χ2n) is 6.79. The molecule has 1 heterocycles. The van der Waals surface area contributed by atoms with Crippen LogP contribution in [0.5, 0.6) is 0 Å². The highest BCUT2D eigenvalue weighted by atomic mass is 16.2. The van der Waals surface area contributed by atoms with Crippen molar-refractivity contribution in [2.75, 3.05) is 0 Å². The van der Waals surface area contributed by atoms with Gasteiger partial charge in [0.25, 0.3) is 5.56 Å². The van der Waals surface area contributed by atoms with Crippen LogP contribution in [0.1, 0.15) is 54.2 Å². The van der Waals surface area contributed by atoms with Gasteiger partial charge in [-0.25, -0.2) is 4.79 Å². The summed E-state index contributed by atoms with van der Waals surface area (Å²) in [6, 6.07) is 8.80. The smallest absolute Gasteiger partial charge is 0.290 e. The van der Waals surface area contributed by atoms with Gasteiger partial charge in [-0.05, 0) is 24.7 Å². The number of carbonyl (C=O) groups excluding carboxylic acids is 1. The maximum Gasteiger partial charge on any atom is 0.328 e. The molecule has 3 rings (SSSR count). The predicted molar refractivity (Wildman–Crippen MR) is 97.2 cm³/mol. The zero-order valence-electron chi connectivity index (χ0n) is 14.5. The normalized spacial score (nSPS) is 14.4. The molecule has 0 atom stereocenters. The van der Waals surface area contributed by atoms with Crippen molar-refractivity contribution in [2.24, 2.45) is 5.92 Å². The van der Waals surface area contributed by atoms with Crippen LogP contribution >= 0.6 is 0 Å². The third kappa shape index (κ3) is 3.40. The molecular weight excluding hydrogens is 316 g/mol. The van der Waals surface area contributed by atoms with Gasteiger partial charge in [0.1, 0.15) is 5.69 Å². The van der Waals surface area contributed by atoms with E-state index in [1.165, 1.54) is 4.57 Å². The minimum atomic E-state index is -0.513. The summed E-state index contributed by atoms with van der Waals surface area (Å²) < 4.78 is 1.46. The zero-order valence-corrected chi connectivity index (χ0v) is 14.5. The van der Waals surface area contributed by atoms with Crippen LogP contribution in [0.2, 0.25) is 0 Å². The third-order valence-corrected chi connectivity index (χ3v) is 4.61. The van der Waals surface area contributed by atoms with E-state index in [4.69, 9.17) is 0 Å². The van der Waals surface area contributed by atoms with E-state index in [1.807, 2.05) is 19.9 Å². The number of ketones is 1. The molecule has 0 aliphatic heterocycles. The molecule has 0 saturated heterocycles. The number of aromatic amines is 1. The second kappa shape index (κ2) is 7.05. The summed E-state index contributed by atoms with van der Waals surface area (Å²) >= 11 is 0. The third-order valence-electron chi connectivity index (χ3n) is 4.61. The Morgan fingerprint density at radius 3 is 2.40 bits per heavy atom. The lowest BCUT2D eigenvalue weighted by atomic mass is 9.96. The summed E-state index contributed by atoms with van der Waals surface area (Å²) in [5.74, 6) is -0.177. The van der Waals surface area contributed by atoms with Gasteiger partial charge in [0, 0.05) is 17.7 Å². The van der Waals surface area contributed by atoms with E-state index in [0.717, 1.165) is 12.8 Å². The Hall–Kier alpha value is -2.69. The molecule has 2 aromatic rings. The lowest BCUT2D eigenvalue weighted by molar-refractivity contribution is 0.102. The Bertz CT molecular complexity index is 912. The van der Waals surface area contributed by atoms with Crippen molar-refractivity contribution in [1.82, 2.24) is 9.55 Å². The van der Waals surface area contributed by atoms with Crippen LogP contribution in [0.25, 0.3) is 0 Å². The number of allylic oxidation sites excluding steroid dienone is 2. The van der Waals surface area contributed by atoms with Crippen molar-refractivity contribution in [3.05, 3.63) is 80.1 Å². The van der Waals surface area contributed by atoms with Crippen molar-refractivity contribution in [2.45, 2.75) is 39.2 Å². The number of hydrogen-bond donors (Lipinski definition) is 1. The molecule has 130 valence electrons. The second-order valence-corrected chi connectivity index (χ2v) is 6.79. The van der Waals surface area contributed by atoms with Crippen LogP contribution in [0.15, 0.2) is 52.1 Å². The first-order chi connectivity index (χ1) is 12.0. The zero-order chi connectivity index (χ0) is 18.0. The van der Waals surface area contributed by atoms with Crippen LogP contribution < -0.4 is 11.2 Å². The Labute approximate surface area is 146 Å². The Morgan fingerprint density at radius 2 is 1.80 bits per heavy atom. The Balaban J connectivity index is 2.19. The largest absolute Gasteiger partial charge is 0.328 e. The molecule has 1 aliphatic rings. The summed E-state index contributed by atoms with van der Waals surface area (Å²) in [7, 11) is 0. The van der Waals surface area contributed by atoms with E-state index in [0.29, 0.717) is 17.7 Å². The van der Waals surface area contributed by atoms with Gasteiger partial charge in [-0.1, -0.05) is 56.3 Å². The van der Waals surface area contributed by atoms with E-state index in [-0.39, 0.29) is 23.3 Å². The minimum absolute atomic E-state index is 0.167. The number of hydrogen-bond acceptors (Lipinski definition) is 3. The first-order valence-electron chi connectivity index (χ1n) is 8.60. The van der Waals surface area contributed by atoms with Crippen LogP contribution in [0, 0.1) is 5.92 Å². The summed E-state index contributed by atoms with van der Waals surface area (Å²) in [4.78, 5) is 40.4. The number of benzene rings is 1. The minimum Gasteiger partial charge on any atom is -0.290 e. The van der Waals surface area contributed by atoms with Crippen molar-refractivity contribution >= 4 is 5.78 Å². The maximum absolute atomic E-state index is 13.1. The highest BCUT2D eigenvalue weighted by molar-refractivity contribution is 6.08. The van der Waals surface area contributed by atoms with Crippen molar-refractivity contribution in [1.29, 1.82) is 0 Å². The molecule has 5 nitrogen and oxygen atoms in total. The molecule has 0 bridgehead atoms. The van der Waals surface area contributed by atoms with E-state index in [1.54, 1.807) is 24.3 Å². The topological polar surface area (TPSA) is 71.9 Å². The Kier molecular flexibility index (Phi) is 4.83. The molecular formula is C20H22N2O3. The molecule has 1 aromatic carbocycles. The first kappa shape index (κ1) is 17.1. The van der Waals surface area contributed by atoms with Gasteiger partial charge in [-0.2, -0.15) is 0 Å². The van der Waals surface area contributed by atoms with Crippen LogP contribution in [0.4, 0.5) is 0 Å². The van der Waals surface area contributed by atoms with Crippen molar-refractivity contribution in [3.63, 3.8) is 0 Å². The lowest BCUT2D eigenvalue weighted by Gasteiger charge is -2.19. The standard InChI is InChI=1S/C20H22N2O3/c1-13(2)16-17(18(23)15-10-4-3-5-11-15)22(20(25)21-19(16)24)12-14-8-6-7-9-14/h3-7,10-11,13-14H,8-9,12H2,1-2H3,(H,21,24,25). The molecule has 1 aliphatic carbocycles. The van der Waals surface area contributed by atoms with Gasteiger partial charge >= 0.3 is 5.69 Å². The summed E-state index contributed by atoms with van der Waals surface area (Å²) in [5, 5.41) is 0. The van der Waals surface area contributed by atoms with E-state index in [9.17, 15) is 14.4 Å². The fourth-order valence-electron chi connectivity index (χ4n) is 3.35. The molecule has 1 aromatic heterocycles. The highest BCUT2D eigenvalue weighted by Gasteiger charge is 2.25. The van der Waals surface area contributed by atoms with Gasteiger partial charge in [0.15, 0.2) is 0 Å². The summed E-state index contributed by atoms with van der Waals surface area (Å²) in [5.41, 5.74) is 0.0922. The molecule has 0 saturated carbocycles. The van der Waals surface area contributed by atoms with Gasteiger partial charge in [-0.15, -0.1) is 0 Å².